The zero-order chi connectivity index (χ0) is 26.5. The van der Waals surface area contributed by atoms with Gasteiger partial charge in [0.25, 0.3) is 5.91 Å². The number of nitrogens with zero attached hydrogens (tertiary/aromatic N) is 1. The number of hydrogen-bond acceptors (Lipinski definition) is 5. The molecule has 1 N–H and O–H groups in total. The van der Waals surface area contributed by atoms with Gasteiger partial charge in [0.2, 0.25) is 0 Å². The molecule has 0 fully saturated rings. The molecule has 0 aliphatic rings. The van der Waals surface area contributed by atoms with Crippen molar-refractivity contribution in [2.24, 2.45) is 5.10 Å². The van der Waals surface area contributed by atoms with Gasteiger partial charge in [-0.25, -0.2) is 10.2 Å². The van der Waals surface area contributed by atoms with Crippen molar-refractivity contribution < 1.29 is 19.1 Å². The maximum Gasteiger partial charge on any atom is 0.343 e. The number of carbonyl (C=O) groups is 2. The summed E-state index contributed by atoms with van der Waals surface area (Å²) in [5.74, 6) is -0.127. The fraction of sp³-hybridized carbons (Fsp3) is 0.0333. The summed E-state index contributed by atoms with van der Waals surface area (Å²) in [4.78, 5) is 25.2. The quantitative estimate of drug-likeness (QED) is 0.0949. The van der Waals surface area contributed by atoms with Crippen molar-refractivity contribution in [3.63, 3.8) is 0 Å². The van der Waals surface area contributed by atoms with Crippen molar-refractivity contribution >= 4 is 67.2 Å². The lowest BCUT2D eigenvalue weighted by Crippen LogP contribution is -2.24. The van der Waals surface area contributed by atoms with Crippen LogP contribution < -0.4 is 14.9 Å². The average Bonchev–Trinajstić information content (AvgIpc) is 2.94. The van der Waals surface area contributed by atoms with Gasteiger partial charge in [0.05, 0.1) is 16.3 Å². The molecule has 188 valence electrons. The summed E-state index contributed by atoms with van der Waals surface area (Å²) in [6, 6.07) is 29.2. The standard InChI is InChI=1S/C30H20BrClN2O4/c31-29-24-8-4-2-6-20(24)12-16-27(29)37-18-28(35)34-33-17-25-23-7-3-1-5-19(23)11-15-26(25)38-30(36)21-9-13-22(32)14-10-21/h1-17H,18H2,(H,34,35)/b33-17-. The third-order valence-electron chi connectivity index (χ3n) is 5.78. The molecule has 5 rings (SSSR count). The van der Waals surface area contributed by atoms with Crippen LogP contribution in [-0.2, 0) is 4.79 Å². The third-order valence-corrected chi connectivity index (χ3v) is 6.85. The minimum atomic E-state index is -0.537. The molecule has 6 nitrogen and oxygen atoms in total. The van der Waals surface area contributed by atoms with Crippen LogP contribution in [0, 0.1) is 0 Å². The van der Waals surface area contributed by atoms with Gasteiger partial charge in [0.15, 0.2) is 6.61 Å². The average molecular weight is 588 g/mol. The molecule has 0 saturated heterocycles. The number of esters is 1. The van der Waals surface area contributed by atoms with Gasteiger partial charge in [-0.3, -0.25) is 4.79 Å². The van der Waals surface area contributed by atoms with Crippen molar-refractivity contribution in [3.8, 4) is 11.5 Å². The fourth-order valence-electron chi connectivity index (χ4n) is 3.91. The molecule has 5 aromatic rings. The molecule has 38 heavy (non-hydrogen) atoms. The zero-order valence-corrected chi connectivity index (χ0v) is 22.2. The minimum absolute atomic E-state index is 0.234. The summed E-state index contributed by atoms with van der Waals surface area (Å²) < 4.78 is 12.1. The number of amides is 1. The molecule has 5 aromatic carbocycles. The number of halogens is 2. The van der Waals surface area contributed by atoms with E-state index in [2.05, 4.69) is 26.5 Å². The first kappa shape index (κ1) is 25.4. The van der Waals surface area contributed by atoms with Crippen LogP contribution in [0.15, 0.2) is 107 Å². The minimum Gasteiger partial charge on any atom is -0.483 e. The number of carbonyl (C=O) groups excluding carboxylic acids is 2. The lowest BCUT2D eigenvalue weighted by Gasteiger charge is -2.11. The van der Waals surface area contributed by atoms with E-state index in [1.807, 2.05) is 60.7 Å². The fourth-order valence-corrected chi connectivity index (χ4v) is 4.65. The second-order valence-electron chi connectivity index (χ2n) is 8.28. The highest BCUT2D eigenvalue weighted by Crippen LogP contribution is 2.33. The Bertz CT molecular complexity index is 1690. The smallest absolute Gasteiger partial charge is 0.343 e. The monoisotopic (exact) mass is 586 g/mol. The number of fused-ring (bicyclic) bond motifs is 2. The lowest BCUT2D eigenvalue weighted by molar-refractivity contribution is -0.123. The summed E-state index contributed by atoms with van der Waals surface area (Å²) in [6.45, 7) is -0.234. The molecular formula is C30H20BrClN2O4. The second-order valence-corrected chi connectivity index (χ2v) is 9.51. The Kier molecular flexibility index (Phi) is 7.67. The zero-order valence-electron chi connectivity index (χ0n) is 19.9. The van der Waals surface area contributed by atoms with E-state index in [0.717, 1.165) is 26.0 Å². The summed E-state index contributed by atoms with van der Waals surface area (Å²) in [5.41, 5.74) is 3.38. The molecule has 1 amide bonds. The van der Waals surface area contributed by atoms with E-state index in [9.17, 15) is 9.59 Å². The van der Waals surface area contributed by atoms with Crippen LogP contribution in [0.2, 0.25) is 5.02 Å². The van der Waals surface area contributed by atoms with E-state index >= 15 is 0 Å². The van der Waals surface area contributed by atoms with Crippen molar-refractivity contribution in [3.05, 3.63) is 118 Å². The van der Waals surface area contributed by atoms with Crippen LogP contribution in [0.4, 0.5) is 0 Å². The predicted molar refractivity (Wildman–Crippen MR) is 153 cm³/mol. The first-order valence-corrected chi connectivity index (χ1v) is 12.8. The molecule has 0 saturated carbocycles. The van der Waals surface area contributed by atoms with Crippen LogP contribution in [0.25, 0.3) is 21.5 Å². The molecule has 0 heterocycles. The highest BCUT2D eigenvalue weighted by molar-refractivity contribution is 9.10. The maximum atomic E-state index is 12.7. The molecule has 8 heteroatoms. The highest BCUT2D eigenvalue weighted by atomic mass is 79.9. The van der Waals surface area contributed by atoms with E-state index in [4.69, 9.17) is 21.1 Å². The van der Waals surface area contributed by atoms with Crippen LogP contribution in [0.3, 0.4) is 0 Å². The topological polar surface area (TPSA) is 77.0 Å². The van der Waals surface area contributed by atoms with E-state index < -0.39 is 11.9 Å². The SMILES string of the molecule is O=C(COc1ccc2ccccc2c1Br)N/N=C\c1c(OC(=O)c2ccc(Cl)cc2)ccc2ccccc12. The maximum absolute atomic E-state index is 12.7. The normalized spacial score (nSPS) is 11.1. The van der Waals surface area contributed by atoms with Gasteiger partial charge in [0.1, 0.15) is 11.5 Å². The van der Waals surface area contributed by atoms with Gasteiger partial charge < -0.3 is 9.47 Å². The number of hydrazone groups is 1. The molecule has 0 bridgehead atoms. The summed E-state index contributed by atoms with van der Waals surface area (Å²) in [6.07, 6.45) is 1.46. The molecule has 0 aliphatic heterocycles. The number of hydrogen-bond donors (Lipinski definition) is 1. The number of ether oxygens (including phenoxy) is 2. The van der Waals surface area contributed by atoms with E-state index in [1.165, 1.54) is 6.21 Å². The van der Waals surface area contributed by atoms with E-state index in [-0.39, 0.29) is 6.61 Å². The van der Waals surface area contributed by atoms with Crippen LogP contribution in [-0.4, -0.2) is 24.7 Å². The van der Waals surface area contributed by atoms with Gasteiger partial charge in [-0.1, -0.05) is 72.3 Å². The Morgan fingerprint density at radius 2 is 1.45 bits per heavy atom. The van der Waals surface area contributed by atoms with Crippen molar-refractivity contribution in [1.82, 2.24) is 5.43 Å². The Morgan fingerprint density at radius 1 is 0.816 bits per heavy atom. The van der Waals surface area contributed by atoms with Crippen LogP contribution in [0.1, 0.15) is 15.9 Å². The molecule has 0 atom stereocenters. The van der Waals surface area contributed by atoms with Crippen LogP contribution >= 0.6 is 27.5 Å². The largest absolute Gasteiger partial charge is 0.483 e. The van der Waals surface area contributed by atoms with Crippen molar-refractivity contribution in [2.75, 3.05) is 6.61 Å². The molecule has 0 aliphatic carbocycles. The van der Waals surface area contributed by atoms with Gasteiger partial charge in [-0.15, -0.1) is 0 Å². The van der Waals surface area contributed by atoms with Gasteiger partial charge in [0, 0.05) is 10.6 Å². The summed E-state index contributed by atoms with van der Waals surface area (Å²) in [5, 5.41) is 8.41. The van der Waals surface area contributed by atoms with Gasteiger partial charge in [-0.05, 0) is 73.9 Å². The Labute approximate surface area is 232 Å². The highest BCUT2D eigenvalue weighted by Gasteiger charge is 2.14. The second kappa shape index (κ2) is 11.5. The van der Waals surface area contributed by atoms with Crippen molar-refractivity contribution in [2.45, 2.75) is 0 Å². The predicted octanol–water partition coefficient (Wildman–Crippen LogP) is 7.16. The van der Waals surface area contributed by atoms with Crippen molar-refractivity contribution in [1.29, 1.82) is 0 Å². The van der Waals surface area contributed by atoms with Gasteiger partial charge in [-0.2, -0.15) is 5.10 Å². The number of rotatable bonds is 7. The van der Waals surface area contributed by atoms with Crippen LogP contribution in [0.5, 0.6) is 11.5 Å². The molecule has 0 radical (unpaired) electrons. The number of nitrogens with one attached hydrogen (secondary N) is 1. The molecule has 0 unspecified atom stereocenters. The lowest BCUT2D eigenvalue weighted by atomic mass is 10.0. The molecular weight excluding hydrogens is 568 g/mol. The third kappa shape index (κ3) is 5.69. The Balaban J connectivity index is 1.31. The first-order chi connectivity index (χ1) is 18.5. The summed E-state index contributed by atoms with van der Waals surface area (Å²) >= 11 is 9.47. The Hall–Kier alpha value is -4.20. The first-order valence-electron chi connectivity index (χ1n) is 11.6. The Morgan fingerprint density at radius 3 is 2.18 bits per heavy atom. The van der Waals surface area contributed by atoms with Gasteiger partial charge >= 0.3 is 5.97 Å². The van der Waals surface area contributed by atoms with E-state index in [0.29, 0.717) is 27.6 Å². The molecule has 0 spiro atoms. The molecule has 0 aromatic heterocycles. The number of benzene rings is 5. The summed E-state index contributed by atoms with van der Waals surface area (Å²) in [7, 11) is 0. The van der Waals surface area contributed by atoms with E-state index in [1.54, 1.807) is 36.4 Å².